The second-order valence-electron chi connectivity index (χ2n) is 5.04. The van der Waals surface area contributed by atoms with E-state index in [-0.39, 0.29) is 5.82 Å². The molecule has 0 spiro atoms. The summed E-state index contributed by atoms with van der Waals surface area (Å²) in [6, 6.07) is 10.3. The zero-order valence-corrected chi connectivity index (χ0v) is 13.4. The first-order valence-electron chi connectivity index (χ1n) is 6.95. The lowest BCUT2D eigenvalue weighted by atomic mass is 10.1. The van der Waals surface area contributed by atoms with Crippen LogP contribution in [0.15, 0.2) is 36.4 Å². The van der Waals surface area contributed by atoms with E-state index in [1.54, 1.807) is 36.4 Å². The molecule has 1 aromatic heterocycles. The number of esters is 2. The molecule has 11 heteroatoms. The van der Waals surface area contributed by atoms with Crippen LogP contribution in [0.3, 0.4) is 0 Å². The molecule has 0 unspecified atom stereocenters. The summed E-state index contributed by atoms with van der Waals surface area (Å²) in [5.74, 6) is -4.39. The van der Waals surface area contributed by atoms with E-state index in [1.807, 2.05) is 0 Å². The summed E-state index contributed by atoms with van der Waals surface area (Å²) in [6.07, 6.45) is -5.30. The van der Waals surface area contributed by atoms with E-state index in [0.29, 0.717) is 10.7 Å². The maximum atomic E-state index is 12.2. The zero-order chi connectivity index (χ0) is 18.9. The van der Waals surface area contributed by atoms with Crippen LogP contribution in [-0.2, 0) is 9.53 Å². The molecule has 0 saturated heterocycles. The van der Waals surface area contributed by atoms with Crippen LogP contribution in [0, 0.1) is 0 Å². The molecule has 0 aliphatic carbocycles. The van der Waals surface area contributed by atoms with E-state index in [0.717, 1.165) is 10.8 Å². The third-order valence-electron chi connectivity index (χ3n) is 3.23. The lowest BCUT2D eigenvalue weighted by Crippen LogP contribution is -2.28. The van der Waals surface area contributed by atoms with Gasteiger partial charge in [-0.2, -0.15) is 13.2 Å². The molecule has 0 aliphatic rings. The molecule has 26 heavy (non-hydrogen) atoms. The Labute approximate surface area is 148 Å². The highest BCUT2D eigenvalue weighted by Crippen LogP contribution is 2.25. The fraction of sp³-hybridized carbons (Fsp3) is 0.0667. The summed E-state index contributed by atoms with van der Waals surface area (Å²) < 4.78 is 40.3. The molecule has 134 valence electrons. The van der Waals surface area contributed by atoms with Crippen molar-refractivity contribution >= 4 is 45.8 Å². The average Bonchev–Trinajstić information content (AvgIpc) is 3.02. The predicted octanol–water partition coefficient (Wildman–Crippen LogP) is 3.60. The van der Waals surface area contributed by atoms with Crippen molar-refractivity contribution in [3.8, 4) is 0 Å². The number of halogens is 4. The van der Waals surface area contributed by atoms with Gasteiger partial charge in [0.1, 0.15) is 0 Å². The highest BCUT2D eigenvalue weighted by molar-refractivity contribution is 6.31. The molecule has 2 aromatic carbocycles. The molecule has 3 aromatic rings. The molecular weight excluding hydrogens is 377 g/mol. The van der Waals surface area contributed by atoms with Gasteiger partial charge in [-0.05, 0) is 35.0 Å². The average molecular weight is 385 g/mol. The van der Waals surface area contributed by atoms with Gasteiger partial charge < -0.3 is 10.1 Å². The molecule has 2 N–H and O–H groups in total. The first-order chi connectivity index (χ1) is 12.2. The Morgan fingerprint density at radius 1 is 1.12 bits per heavy atom. The number of nitrogens with zero attached hydrogens (tertiary/aromatic N) is 2. The third-order valence-corrected chi connectivity index (χ3v) is 3.47. The molecule has 0 radical (unpaired) electrons. The minimum atomic E-state index is -5.30. The van der Waals surface area contributed by atoms with E-state index in [4.69, 9.17) is 11.6 Å². The molecule has 3 rings (SSSR count). The Balaban J connectivity index is 1.82. The topological polar surface area (TPSA) is 97.0 Å². The minimum absolute atomic E-state index is 0.196. The number of benzene rings is 2. The maximum Gasteiger partial charge on any atom is 0.491 e. The first-order valence-corrected chi connectivity index (χ1v) is 7.32. The molecule has 0 fully saturated rings. The number of ether oxygens (including phenoxy) is 1. The Morgan fingerprint density at radius 2 is 1.81 bits per heavy atom. The van der Waals surface area contributed by atoms with E-state index in [9.17, 15) is 22.8 Å². The van der Waals surface area contributed by atoms with Crippen LogP contribution in [-0.4, -0.2) is 33.5 Å². The second kappa shape index (κ2) is 6.64. The van der Waals surface area contributed by atoms with E-state index < -0.39 is 23.8 Å². The lowest BCUT2D eigenvalue weighted by molar-refractivity contribution is -0.193. The van der Waals surface area contributed by atoms with Gasteiger partial charge in [0.15, 0.2) is 11.5 Å². The number of fused-ring (bicyclic) bond motifs is 1. The number of hydrogen-bond donors (Lipinski definition) is 2. The number of carbonyl (C=O) groups excluding carboxylic acids is 2. The van der Waals surface area contributed by atoms with Crippen LogP contribution >= 0.6 is 11.6 Å². The third kappa shape index (κ3) is 3.75. The van der Waals surface area contributed by atoms with Crippen LogP contribution in [0.2, 0.25) is 5.02 Å². The van der Waals surface area contributed by atoms with E-state index >= 15 is 0 Å². The minimum Gasteiger partial charge on any atom is -0.381 e. The standard InChI is InChI=1S/C15H8ClF3N4O3/c16-9-3-1-8-6-10(4-2-7(8)5-9)20-12-11(21-23-22-12)13(24)26-14(25)15(17,18)19/h1-6H,(H2,20,21,22,23). The number of nitrogens with one attached hydrogen (secondary N) is 2. The van der Waals surface area contributed by atoms with Crippen LogP contribution in [0.5, 0.6) is 0 Å². The monoisotopic (exact) mass is 384 g/mol. The molecular formula is C15H8ClF3N4O3. The van der Waals surface area contributed by atoms with Gasteiger partial charge in [0.05, 0.1) is 0 Å². The Morgan fingerprint density at radius 3 is 2.54 bits per heavy atom. The van der Waals surface area contributed by atoms with E-state index in [1.165, 1.54) is 0 Å². The van der Waals surface area contributed by atoms with Gasteiger partial charge in [0, 0.05) is 10.7 Å². The van der Waals surface area contributed by atoms with Crippen molar-refractivity contribution in [1.82, 2.24) is 15.4 Å². The van der Waals surface area contributed by atoms with Crippen LogP contribution in [0.25, 0.3) is 10.8 Å². The number of H-pyrrole nitrogens is 1. The van der Waals surface area contributed by atoms with Crippen molar-refractivity contribution in [3.05, 3.63) is 47.1 Å². The highest BCUT2D eigenvalue weighted by Gasteiger charge is 2.43. The van der Waals surface area contributed by atoms with Crippen LogP contribution in [0.4, 0.5) is 24.7 Å². The van der Waals surface area contributed by atoms with Gasteiger partial charge in [0.2, 0.25) is 0 Å². The van der Waals surface area contributed by atoms with Crippen LogP contribution in [0.1, 0.15) is 10.5 Å². The predicted molar refractivity (Wildman–Crippen MR) is 85.1 cm³/mol. The number of anilines is 2. The normalized spacial score (nSPS) is 11.4. The molecule has 1 heterocycles. The summed E-state index contributed by atoms with van der Waals surface area (Å²) in [5.41, 5.74) is -0.0521. The summed E-state index contributed by atoms with van der Waals surface area (Å²) in [4.78, 5) is 22.5. The Kier molecular flexibility index (Phi) is 4.51. The maximum absolute atomic E-state index is 12.2. The number of aromatic nitrogens is 3. The van der Waals surface area contributed by atoms with Gasteiger partial charge in [-0.1, -0.05) is 28.9 Å². The largest absolute Gasteiger partial charge is 0.491 e. The smallest absolute Gasteiger partial charge is 0.381 e. The number of rotatable bonds is 3. The van der Waals surface area contributed by atoms with Crippen molar-refractivity contribution in [3.63, 3.8) is 0 Å². The van der Waals surface area contributed by atoms with Crippen molar-refractivity contribution in [1.29, 1.82) is 0 Å². The van der Waals surface area contributed by atoms with Crippen molar-refractivity contribution in [2.75, 3.05) is 5.32 Å². The number of alkyl halides is 3. The number of hydrogen-bond acceptors (Lipinski definition) is 6. The van der Waals surface area contributed by atoms with Gasteiger partial charge in [0.25, 0.3) is 0 Å². The lowest BCUT2D eigenvalue weighted by Gasteiger charge is -2.07. The molecule has 0 saturated carbocycles. The van der Waals surface area contributed by atoms with Gasteiger partial charge in [-0.3, -0.25) is 0 Å². The summed E-state index contributed by atoms with van der Waals surface area (Å²) in [7, 11) is 0. The van der Waals surface area contributed by atoms with Crippen molar-refractivity contribution < 1.29 is 27.5 Å². The second-order valence-corrected chi connectivity index (χ2v) is 5.48. The van der Waals surface area contributed by atoms with Crippen molar-refractivity contribution in [2.24, 2.45) is 0 Å². The molecule has 0 amide bonds. The molecule has 0 atom stereocenters. The highest BCUT2D eigenvalue weighted by atomic mass is 35.5. The van der Waals surface area contributed by atoms with Gasteiger partial charge >= 0.3 is 18.1 Å². The van der Waals surface area contributed by atoms with Gasteiger partial charge in [-0.25, -0.2) is 14.7 Å². The van der Waals surface area contributed by atoms with Crippen LogP contribution < -0.4 is 5.32 Å². The number of aromatic amines is 1. The molecule has 0 bridgehead atoms. The summed E-state index contributed by atoms with van der Waals surface area (Å²) >= 11 is 5.91. The van der Waals surface area contributed by atoms with Crippen molar-refractivity contribution in [2.45, 2.75) is 6.18 Å². The fourth-order valence-corrected chi connectivity index (χ4v) is 2.26. The Hall–Kier alpha value is -3.14. The zero-order valence-electron chi connectivity index (χ0n) is 12.6. The SMILES string of the molecule is O=C(OC(=O)C(F)(F)F)c1[nH]nnc1Nc1ccc2cc(Cl)ccc2c1. The summed E-state index contributed by atoms with van der Waals surface area (Å²) in [6.45, 7) is 0. The quantitative estimate of drug-likeness (QED) is 0.529. The van der Waals surface area contributed by atoms with E-state index in [2.05, 4.69) is 25.5 Å². The Bertz CT molecular complexity index is 1000. The fourth-order valence-electron chi connectivity index (χ4n) is 2.08. The summed E-state index contributed by atoms with van der Waals surface area (Å²) in [5, 5.41) is 14.0. The number of carbonyl (C=O) groups is 2. The molecule has 7 nitrogen and oxygen atoms in total. The van der Waals surface area contributed by atoms with Gasteiger partial charge in [-0.15, -0.1) is 5.10 Å². The molecule has 0 aliphatic heterocycles. The first kappa shape index (κ1) is 17.7.